The third-order valence-electron chi connectivity index (χ3n) is 5.08. The van der Waals surface area contributed by atoms with E-state index in [1.807, 2.05) is 0 Å². The molecule has 0 aromatic carbocycles. The molecule has 0 saturated carbocycles. The molecular formula is C20H18F3N7O2. The second kappa shape index (κ2) is 8.29. The Bertz CT molecular complexity index is 1300. The standard InChI is InChI=1S/C20H18F3N7O2/c1-11-12(2-3-16(31)30-7-6-24-10-30)17(20(21,22)23)14(28-11)8-15-18(26-5-4-25-15)13-9-27-29-19(13)32/h4-7,9-10,28H,2-3,8H2,1H3,(H2,27,29,32). The van der Waals surface area contributed by atoms with Crippen LogP contribution in [0.2, 0.25) is 0 Å². The van der Waals surface area contributed by atoms with E-state index < -0.39 is 17.3 Å². The van der Waals surface area contributed by atoms with Gasteiger partial charge in [-0.15, -0.1) is 0 Å². The number of H-pyrrole nitrogens is 3. The number of hydrogen-bond donors (Lipinski definition) is 3. The lowest BCUT2D eigenvalue weighted by Crippen LogP contribution is -2.14. The molecule has 0 spiro atoms. The zero-order valence-electron chi connectivity index (χ0n) is 16.8. The fourth-order valence-corrected chi connectivity index (χ4v) is 3.66. The fraction of sp³-hybridized carbons (Fsp3) is 0.250. The second-order valence-corrected chi connectivity index (χ2v) is 7.13. The largest absolute Gasteiger partial charge is 0.418 e. The number of alkyl halides is 3. The van der Waals surface area contributed by atoms with Gasteiger partial charge in [-0.2, -0.15) is 13.2 Å². The van der Waals surface area contributed by atoms with Crippen molar-refractivity contribution < 1.29 is 18.0 Å². The van der Waals surface area contributed by atoms with Crippen molar-refractivity contribution in [3.63, 3.8) is 0 Å². The van der Waals surface area contributed by atoms with Gasteiger partial charge in [-0.25, -0.2) is 4.98 Å². The van der Waals surface area contributed by atoms with E-state index in [0.717, 1.165) is 0 Å². The maximum atomic E-state index is 14.0. The second-order valence-electron chi connectivity index (χ2n) is 7.13. The van der Waals surface area contributed by atoms with Crippen molar-refractivity contribution in [2.45, 2.75) is 32.4 Å². The molecule has 4 aromatic rings. The molecule has 4 aromatic heterocycles. The summed E-state index contributed by atoms with van der Waals surface area (Å²) in [5, 5.41) is 4.92. The first-order valence-corrected chi connectivity index (χ1v) is 9.60. The van der Waals surface area contributed by atoms with Gasteiger partial charge in [0.25, 0.3) is 5.56 Å². The number of aromatic amines is 3. The number of carbonyl (C=O) groups is 1. The van der Waals surface area contributed by atoms with Crippen LogP contribution >= 0.6 is 0 Å². The van der Waals surface area contributed by atoms with Gasteiger partial charge in [-0.3, -0.25) is 29.2 Å². The molecule has 0 atom stereocenters. The lowest BCUT2D eigenvalue weighted by atomic mass is 10.00. The molecule has 0 amide bonds. The van der Waals surface area contributed by atoms with E-state index >= 15 is 0 Å². The summed E-state index contributed by atoms with van der Waals surface area (Å²) in [4.78, 5) is 39.1. The summed E-state index contributed by atoms with van der Waals surface area (Å²) in [7, 11) is 0. The number of hydrogen-bond acceptors (Lipinski definition) is 5. The van der Waals surface area contributed by atoms with Crippen LogP contribution < -0.4 is 5.56 Å². The Labute approximate surface area is 178 Å². The first kappa shape index (κ1) is 21.3. The Hall–Kier alpha value is -3.96. The van der Waals surface area contributed by atoms with Crippen molar-refractivity contribution in [1.82, 2.24) is 34.7 Å². The Morgan fingerprint density at radius 3 is 2.62 bits per heavy atom. The molecule has 166 valence electrons. The van der Waals surface area contributed by atoms with Crippen molar-refractivity contribution >= 4 is 5.91 Å². The first-order chi connectivity index (χ1) is 15.3. The minimum Gasteiger partial charge on any atom is -0.361 e. The Morgan fingerprint density at radius 2 is 1.97 bits per heavy atom. The number of nitrogens with one attached hydrogen (secondary N) is 3. The molecule has 0 unspecified atom stereocenters. The van der Waals surface area contributed by atoms with Crippen molar-refractivity contribution in [2.75, 3.05) is 0 Å². The van der Waals surface area contributed by atoms with Crippen molar-refractivity contribution in [1.29, 1.82) is 0 Å². The monoisotopic (exact) mass is 445 g/mol. The van der Waals surface area contributed by atoms with Gasteiger partial charge in [0.15, 0.2) is 0 Å². The van der Waals surface area contributed by atoms with Crippen LogP contribution in [0.15, 0.2) is 42.1 Å². The Balaban J connectivity index is 1.69. The van der Waals surface area contributed by atoms with Gasteiger partial charge in [0, 0.05) is 55.2 Å². The zero-order valence-corrected chi connectivity index (χ0v) is 16.8. The molecule has 0 saturated heterocycles. The number of rotatable bonds is 6. The number of nitrogens with zero attached hydrogens (tertiary/aromatic N) is 4. The zero-order chi connectivity index (χ0) is 22.9. The minimum absolute atomic E-state index is 0.0193. The van der Waals surface area contributed by atoms with Gasteiger partial charge in [-0.1, -0.05) is 0 Å². The predicted molar refractivity (Wildman–Crippen MR) is 107 cm³/mol. The average molecular weight is 445 g/mol. The highest BCUT2D eigenvalue weighted by atomic mass is 19.4. The molecule has 0 aliphatic rings. The number of carbonyl (C=O) groups excluding carboxylic acids is 1. The van der Waals surface area contributed by atoms with E-state index in [9.17, 15) is 22.8 Å². The lowest BCUT2D eigenvalue weighted by Gasteiger charge is -2.12. The third-order valence-corrected chi connectivity index (χ3v) is 5.08. The molecular weight excluding hydrogens is 427 g/mol. The van der Waals surface area contributed by atoms with E-state index in [4.69, 9.17) is 0 Å². The summed E-state index contributed by atoms with van der Waals surface area (Å²) >= 11 is 0. The van der Waals surface area contributed by atoms with Gasteiger partial charge < -0.3 is 10.1 Å². The van der Waals surface area contributed by atoms with Crippen LogP contribution in [0.5, 0.6) is 0 Å². The summed E-state index contributed by atoms with van der Waals surface area (Å²) in [6.45, 7) is 1.53. The minimum atomic E-state index is -4.65. The maximum absolute atomic E-state index is 14.0. The summed E-state index contributed by atoms with van der Waals surface area (Å²) in [5.41, 5.74) is -0.471. The van der Waals surface area contributed by atoms with Crippen molar-refractivity contribution in [3.05, 3.63) is 75.9 Å². The number of imidazole rings is 1. The van der Waals surface area contributed by atoms with Gasteiger partial charge in [0.2, 0.25) is 5.91 Å². The molecule has 4 heterocycles. The Kier molecular flexibility index (Phi) is 5.51. The van der Waals surface area contributed by atoms with E-state index in [0.29, 0.717) is 5.69 Å². The molecule has 0 aliphatic carbocycles. The summed E-state index contributed by atoms with van der Waals surface area (Å²) in [6, 6.07) is 0. The maximum Gasteiger partial charge on any atom is 0.418 e. The molecule has 0 bridgehead atoms. The van der Waals surface area contributed by atoms with E-state index in [2.05, 4.69) is 30.1 Å². The van der Waals surface area contributed by atoms with Crippen molar-refractivity contribution in [3.8, 4) is 11.3 Å². The summed E-state index contributed by atoms with van der Waals surface area (Å²) in [6.07, 6.45) is 3.18. The van der Waals surface area contributed by atoms with Gasteiger partial charge >= 0.3 is 6.18 Å². The quantitative estimate of drug-likeness (QED) is 0.421. The van der Waals surface area contributed by atoms with Gasteiger partial charge in [0.1, 0.15) is 6.33 Å². The van der Waals surface area contributed by atoms with E-state index in [-0.39, 0.29) is 53.4 Å². The van der Waals surface area contributed by atoms with Crippen LogP contribution in [0.4, 0.5) is 13.2 Å². The van der Waals surface area contributed by atoms with Gasteiger partial charge in [-0.05, 0) is 18.9 Å². The van der Waals surface area contributed by atoms with Crippen molar-refractivity contribution in [2.24, 2.45) is 0 Å². The van der Waals surface area contributed by atoms with E-state index in [1.165, 1.54) is 48.8 Å². The lowest BCUT2D eigenvalue weighted by molar-refractivity contribution is -0.138. The Morgan fingerprint density at radius 1 is 1.19 bits per heavy atom. The van der Waals surface area contributed by atoms with Gasteiger partial charge in [0.05, 0.1) is 22.5 Å². The topological polar surface area (TPSA) is 125 Å². The highest BCUT2D eigenvalue weighted by Crippen LogP contribution is 2.38. The number of aromatic nitrogens is 7. The van der Waals surface area contributed by atoms with Crippen LogP contribution in [-0.4, -0.2) is 40.6 Å². The molecule has 4 rings (SSSR count). The summed E-state index contributed by atoms with van der Waals surface area (Å²) in [5.74, 6) is -0.360. The molecule has 0 fully saturated rings. The van der Waals surface area contributed by atoms with Crippen LogP contribution in [0, 0.1) is 6.92 Å². The molecule has 0 radical (unpaired) electrons. The average Bonchev–Trinajstić information content (AvgIpc) is 3.47. The summed E-state index contributed by atoms with van der Waals surface area (Å²) < 4.78 is 43.4. The molecule has 12 heteroatoms. The van der Waals surface area contributed by atoms with Crippen LogP contribution in [0.3, 0.4) is 0 Å². The first-order valence-electron chi connectivity index (χ1n) is 9.60. The predicted octanol–water partition coefficient (Wildman–Crippen LogP) is 2.88. The van der Waals surface area contributed by atoms with Crippen LogP contribution in [0.25, 0.3) is 11.3 Å². The molecule has 0 aliphatic heterocycles. The fourth-order valence-electron chi connectivity index (χ4n) is 3.66. The SMILES string of the molecule is Cc1[nH]c(Cc2nccnc2-c2c[nH][nH]c2=O)c(C(F)(F)F)c1CCC(=O)n1ccnc1. The molecule has 3 N–H and O–H groups in total. The highest BCUT2D eigenvalue weighted by molar-refractivity contribution is 5.79. The third kappa shape index (κ3) is 4.11. The van der Waals surface area contributed by atoms with Crippen LogP contribution in [-0.2, 0) is 19.0 Å². The number of halogens is 3. The van der Waals surface area contributed by atoms with Crippen LogP contribution in [0.1, 0.15) is 39.4 Å². The molecule has 32 heavy (non-hydrogen) atoms. The number of aryl methyl sites for hydroxylation is 1. The highest BCUT2D eigenvalue weighted by Gasteiger charge is 2.38. The van der Waals surface area contributed by atoms with E-state index in [1.54, 1.807) is 0 Å². The normalized spacial score (nSPS) is 11.8. The molecule has 9 nitrogen and oxygen atoms in total. The smallest absolute Gasteiger partial charge is 0.361 e.